The SMILES string of the molecule is Cc1cc(F)ccc1-c1ncc(N2CCN(C(=O)N3CCCC3)CC2)nc1-c1ccncc1Cl. The van der Waals surface area contributed by atoms with Crippen molar-refractivity contribution < 1.29 is 9.18 Å². The van der Waals surface area contributed by atoms with Gasteiger partial charge in [-0.05, 0) is 49.6 Å². The molecule has 5 rings (SSSR count). The van der Waals surface area contributed by atoms with E-state index in [1.54, 1.807) is 24.7 Å². The summed E-state index contributed by atoms with van der Waals surface area (Å²) in [6.07, 6.45) is 7.16. The van der Waals surface area contributed by atoms with Crippen LogP contribution in [0.4, 0.5) is 15.0 Å². The lowest BCUT2D eigenvalue weighted by atomic mass is 10.0. The van der Waals surface area contributed by atoms with E-state index in [4.69, 9.17) is 21.6 Å². The lowest BCUT2D eigenvalue weighted by Gasteiger charge is -2.37. The van der Waals surface area contributed by atoms with E-state index < -0.39 is 0 Å². The van der Waals surface area contributed by atoms with Crippen molar-refractivity contribution >= 4 is 23.4 Å². The Bertz CT molecular complexity index is 1210. The fourth-order valence-electron chi connectivity index (χ4n) is 4.61. The minimum absolute atomic E-state index is 0.134. The minimum atomic E-state index is -0.296. The number of likely N-dealkylation sites (tertiary alicyclic amines) is 1. The molecular formula is C25H26ClFN6O. The van der Waals surface area contributed by atoms with Crippen LogP contribution in [0.2, 0.25) is 5.02 Å². The first kappa shape index (κ1) is 22.5. The van der Waals surface area contributed by atoms with Gasteiger partial charge in [0.15, 0.2) is 0 Å². The first-order valence-corrected chi connectivity index (χ1v) is 11.9. The average molecular weight is 481 g/mol. The van der Waals surface area contributed by atoms with Crippen molar-refractivity contribution in [3.8, 4) is 22.5 Å². The number of benzene rings is 1. The zero-order valence-electron chi connectivity index (χ0n) is 19.0. The van der Waals surface area contributed by atoms with E-state index in [2.05, 4.69) is 9.88 Å². The number of aryl methyl sites for hydroxylation is 1. The Morgan fingerprint density at radius 2 is 1.68 bits per heavy atom. The Kier molecular flexibility index (Phi) is 6.32. The molecule has 4 heterocycles. The molecule has 0 aliphatic carbocycles. The zero-order valence-corrected chi connectivity index (χ0v) is 19.8. The van der Waals surface area contributed by atoms with Crippen LogP contribution in [0, 0.1) is 12.7 Å². The van der Waals surface area contributed by atoms with Crippen LogP contribution < -0.4 is 4.90 Å². The number of hydrogen-bond acceptors (Lipinski definition) is 5. The highest BCUT2D eigenvalue weighted by Crippen LogP contribution is 2.35. The summed E-state index contributed by atoms with van der Waals surface area (Å²) in [4.78, 5) is 32.5. The summed E-state index contributed by atoms with van der Waals surface area (Å²) in [7, 11) is 0. The predicted molar refractivity (Wildman–Crippen MR) is 130 cm³/mol. The van der Waals surface area contributed by atoms with Crippen LogP contribution in [0.3, 0.4) is 0 Å². The summed E-state index contributed by atoms with van der Waals surface area (Å²) in [5.74, 6) is 0.426. The molecule has 0 N–H and O–H groups in total. The number of anilines is 1. The van der Waals surface area contributed by atoms with Gasteiger partial charge in [0.25, 0.3) is 0 Å². The molecule has 2 aliphatic heterocycles. The molecule has 2 aromatic heterocycles. The molecule has 7 nitrogen and oxygen atoms in total. The Balaban J connectivity index is 1.45. The number of rotatable bonds is 3. The number of urea groups is 1. The van der Waals surface area contributed by atoms with Gasteiger partial charge in [-0.3, -0.25) is 9.97 Å². The van der Waals surface area contributed by atoms with Gasteiger partial charge >= 0.3 is 6.03 Å². The van der Waals surface area contributed by atoms with E-state index in [0.717, 1.165) is 42.9 Å². The third-order valence-electron chi connectivity index (χ3n) is 6.48. The monoisotopic (exact) mass is 480 g/mol. The molecule has 1 aromatic carbocycles. The number of carbonyl (C=O) groups is 1. The minimum Gasteiger partial charge on any atom is -0.352 e. The largest absolute Gasteiger partial charge is 0.352 e. The highest BCUT2D eigenvalue weighted by atomic mass is 35.5. The first-order chi connectivity index (χ1) is 16.5. The Hall–Kier alpha value is -3.26. The number of aromatic nitrogens is 3. The summed E-state index contributed by atoms with van der Waals surface area (Å²) < 4.78 is 13.7. The molecule has 2 aliphatic rings. The first-order valence-electron chi connectivity index (χ1n) is 11.5. The van der Waals surface area contributed by atoms with Gasteiger partial charge in [-0.15, -0.1) is 0 Å². The van der Waals surface area contributed by atoms with Gasteiger partial charge in [0.1, 0.15) is 17.3 Å². The second-order valence-electron chi connectivity index (χ2n) is 8.69. The van der Waals surface area contributed by atoms with Crippen LogP contribution in [-0.2, 0) is 0 Å². The summed E-state index contributed by atoms with van der Waals surface area (Å²) >= 11 is 6.48. The fraction of sp³-hybridized carbons (Fsp3) is 0.360. The van der Waals surface area contributed by atoms with Crippen molar-refractivity contribution in [2.24, 2.45) is 0 Å². The molecular weight excluding hydrogens is 455 g/mol. The van der Waals surface area contributed by atoms with Gasteiger partial charge in [0, 0.05) is 62.8 Å². The lowest BCUT2D eigenvalue weighted by Crippen LogP contribution is -2.52. The number of piperazine rings is 1. The Morgan fingerprint density at radius 3 is 2.38 bits per heavy atom. The molecule has 2 amide bonds. The van der Waals surface area contributed by atoms with Crippen LogP contribution in [-0.4, -0.2) is 70.1 Å². The van der Waals surface area contributed by atoms with Crippen molar-refractivity contribution in [3.63, 3.8) is 0 Å². The van der Waals surface area contributed by atoms with Crippen molar-refractivity contribution in [1.29, 1.82) is 0 Å². The van der Waals surface area contributed by atoms with Crippen LogP contribution in [0.5, 0.6) is 0 Å². The highest BCUT2D eigenvalue weighted by molar-refractivity contribution is 6.33. The Labute approximate surface area is 203 Å². The van der Waals surface area contributed by atoms with E-state index in [0.29, 0.717) is 48.2 Å². The molecule has 2 saturated heterocycles. The van der Waals surface area contributed by atoms with Crippen LogP contribution >= 0.6 is 11.6 Å². The number of carbonyl (C=O) groups excluding carboxylic acids is 1. The molecule has 34 heavy (non-hydrogen) atoms. The maximum Gasteiger partial charge on any atom is 0.320 e. The summed E-state index contributed by atoms with van der Waals surface area (Å²) in [6.45, 7) is 6.18. The number of hydrogen-bond donors (Lipinski definition) is 0. The number of nitrogens with zero attached hydrogens (tertiary/aromatic N) is 6. The van der Waals surface area contributed by atoms with Crippen LogP contribution in [0.25, 0.3) is 22.5 Å². The van der Waals surface area contributed by atoms with Gasteiger partial charge in [0.05, 0.1) is 16.9 Å². The van der Waals surface area contributed by atoms with E-state index >= 15 is 0 Å². The molecule has 0 spiro atoms. The smallest absolute Gasteiger partial charge is 0.320 e. The molecule has 0 radical (unpaired) electrons. The van der Waals surface area contributed by atoms with E-state index in [-0.39, 0.29) is 11.8 Å². The third kappa shape index (κ3) is 4.42. The van der Waals surface area contributed by atoms with Crippen molar-refractivity contribution in [2.75, 3.05) is 44.2 Å². The molecule has 176 valence electrons. The quantitative estimate of drug-likeness (QED) is 0.546. The third-order valence-corrected chi connectivity index (χ3v) is 6.78. The van der Waals surface area contributed by atoms with Crippen molar-refractivity contribution in [1.82, 2.24) is 24.8 Å². The van der Waals surface area contributed by atoms with E-state index in [1.807, 2.05) is 22.8 Å². The maximum atomic E-state index is 13.7. The van der Waals surface area contributed by atoms with E-state index in [9.17, 15) is 9.18 Å². The van der Waals surface area contributed by atoms with Crippen molar-refractivity contribution in [2.45, 2.75) is 19.8 Å². The molecule has 3 aromatic rings. The number of pyridine rings is 1. The predicted octanol–water partition coefficient (Wildman–Crippen LogP) is 4.64. The maximum absolute atomic E-state index is 13.7. The molecule has 0 unspecified atom stereocenters. The highest BCUT2D eigenvalue weighted by Gasteiger charge is 2.28. The number of halogens is 2. The van der Waals surface area contributed by atoms with Gasteiger partial charge in [-0.2, -0.15) is 0 Å². The summed E-state index contributed by atoms with van der Waals surface area (Å²) in [6, 6.07) is 6.57. The average Bonchev–Trinajstić information content (AvgIpc) is 3.39. The molecule has 0 atom stereocenters. The summed E-state index contributed by atoms with van der Waals surface area (Å²) in [5, 5.41) is 0.469. The van der Waals surface area contributed by atoms with Gasteiger partial charge in [-0.1, -0.05) is 11.6 Å². The second kappa shape index (κ2) is 9.54. The summed E-state index contributed by atoms with van der Waals surface area (Å²) in [5.41, 5.74) is 3.53. The molecule has 0 bridgehead atoms. The van der Waals surface area contributed by atoms with Crippen LogP contribution in [0.15, 0.2) is 42.9 Å². The number of amides is 2. The van der Waals surface area contributed by atoms with Crippen molar-refractivity contribution in [3.05, 3.63) is 59.3 Å². The fourth-order valence-corrected chi connectivity index (χ4v) is 4.82. The topological polar surface area (TPSA) is 65.5 Å². The van der Waals surface area contributed by atoms with Gasteiger partial charge in [-0.25, -0.2) is 14.2 Å². The molecule has 0 saturated carbocycles. The normalized spacial score (nSPS) is 16.3. The Morgan fingerprint density at radius 1 is 0.941 bits per heavy atom. The lowest BCUT2D eigenvalue weighted by molar-refractivity contribution is 0.159. The molecule has 2 fully saturated rings. The standard InChI is InChI=1S/C25H26ClFN6O/c1-17-14-18(27)4-5-19(17)23-24(20-6-7-28-15-21(20)26)30-22(16-29-23)31-10-12-33(13-11-31)25(34)32-8-2-3-9-32/h4-7,14-16H,2-3,8-13H2,1H3. The second-order valence-corrected chi connectivity index (χ2v) is 9.10. The zero-order chi connectivity index (χ0) is 23.7. The van der Waals surface area contributed by atoms with Gasteiger partial charge in [0.2, 0.25) is 0 Å². The van der Waals surface area contributed by atoms with E-state index in [1.165, 1.54) is 12.1 Å². The van der Waals surface area contributed by atoms with Gasteiger partial charge < -0.3 is 14.7 Å². The molecule has 9 heteroatoms. The van der Waals surface area contributed by atoms with Crippen LogP contribution in [0.1, 0.15) is 18.4 Å².